The lowest BCUT2D eigenvalue weighted by atomic mass is 10.3. The summed E-state index contributed by atoms with van der Waals surface area (Å²) < 4.78 is 24.6. The first-order valence-corrected chi connectivity index (χ1v) is 15.6. The van der Waals surface area contributed by atoms with Crippen LogP contribution in [0.1, 0.15) is 33.6 Å². The smallest absolute Gasteiger partial charge is 0.302 e. The molecule has 0 aromatic carbocycles. The lowest BCUT2D eigenvalue weighted by molar-refractivity contribution is 0.108. The van der Waals surface area contributed by atoms with Gasteiger partial charge in [-0.15, -0.1) is 0 Å². The molecule has 0 radical (unpaired) electrons. The van der Waals surface area contributed by atoms with E-state index in [9.17, 15) is 4.46 Å². The summed E-state index contributed by atoms with van der Waals surface area (Å²) in [5, 5.41) is -0.206. The predicted octanol–water partition coefficient (Wildman–Crippen LogP) is 4.14. The summed E-state index contributed by atoms with van der Waals surface area (Å²) in [7, 11) is -5.35. The molecule has 0 aliphatic carbocycles. The average Bonchev–Trinajstić information content (AvgIpc) is 2.22. The fourth-order valence-corrected chi connectivity index (χ4v) is 9.73. The number of hydrogen-bond donors (Lipinski definition) is 0. The zero-order chi connectivity index (χ0) is 15.5. The zero-order valence-corrected chi connectivity index (χ0v) is 17.2. The van der Waals surface area contributed by atoms with Crippen molar-refractivity contribution < 1.29 is 13.3 Å². The van der Waals surface area contributed by atoms with Gasteiger partial charge in [-0.25, -0.2) is 0 Å². The number of rotatable bonds is 8. The van der Waals surface area contributed by atoms with Crippen LogP contribution in [0.4, 0.5) is 0 Å². The molecule has 0 N–H and O–H groups in total. The highest BCUT2D eigenvalue weighted by molar-refractivity contribution is 6.77. The zero-order valence-electron chi connectivity index (χ0n) is 14.2. The van der Waals surface area contributed by atoms with Gasteiger partial charge >= 0.3 is 8.68 Å². The third-order valence-corrected chi connectivity index (χ3v) is 10.6. The minimum absolute atomic E-state index is 0.0947. The van der Waals surface area contributed by atoms with E-state index in [1.807, 2.05) is 6.92 Å². The Morgan fingerprint density at radius 2 is 1.63 bits per heavy atom. The van der Waals surface area contributed by atoms with Gasteiger partial charge in [0.05, 0.1) is 11.0 Å². The van der Waals surface area contributed by atoms with Crippen LogP contribution in [0.15, 0.2) is 0 Å². The van der Waals surface area contributed by atoms with E-state index in [0.29, 0.717) is 0 Å². The molecule has 0 saturated carbocycles. The van der Waals surface area contributed by atoms with Crippen molar-refractivity contribution in [3.63, 3.8) is 0 Å². The third-order valence-electron chi connectivity index (χ3n) is 3.74. The molecule has 0 bridgehead atoms. The van der Waals surface area contributed by atoms with Crippen molar-refractivity contribution in [2.75, 3.05) is 0 Å². The van der Waals surface area contributed by atoms with Gasteiger partial charge in [0, 0.05) is 0 Å². The lowest BCUT2D eigenvalue weighted by Crippen LogP contribution is -2.61. The molecule has 0 spiro atoms. The molecule has 19 heavy (non-hydrogen) atoms. The predicted molar refractivity (Wildman–Crippen MR) is 88.1 cm³/mol. The minimum atomic E-state index is -2.08. The molecule has 2 atom stereocenters. The van der Waals surface area contributed by atoms with Crippen LogP contribution < -0.4 is 0 Å². The molecule has 0 amide bonds. The highest BCUT2D eigenvalue weighted by atomic mass is 28.4. The first kappa shape index (κ1) is 19.4. The summed E-state index contributed by atoms with van der Waals surface area (Å²) in [6, 6.07) is 0. The summed E-state index contributed by atoms with van der Waals surface area (Å²) in [4.78, 5) is 0. The summed E-state index contributed by atoms with van der Waals surface area (Å²) in [6.45, 7) is 19.2. The van der Waals surface area contributed by atoms with Crippen LogP contribution in [0.3, 0.4) is 0 Å². The standard InChI is InChI=1S/C13H32O3Si3/c1-10-12(17(4)14)15-19(8,9)13(3,11-2)16-18(5,6)7/h12H,10-11H2,1-9H3. The molecule has 0 aromatic heterocycles. The van der Waals surface area contributed by atoms with E-state index in [1.54, 1.807) is 6.55 Å². The Bertz CT molecular complexity index is 313. The van der Waals surface area contributed by atoms with Crippen molar-refractivity contribution in [3.8, 4) is 0 Å². The van der Waals surface area contributed by atoms with Crippen LogP contribution in [-0.2, 0) is 13.3 Å². The Balaban J connectivity index is 5.16. The van der Waals surface area contributed by atoms with Gasteiger partial charge in [-0.05, 0) is 59.0 Å². The molecular formula is C13H32O3Si3. The quantitative estimate of drug-likeness (QED) is 0.631. The van der Waals surface area contributed by atoms with Crippen molar-refractivity contribution >= 4 is 25.3 Å². The van der Waals surface area contributed by atoms with Crippen LogP contribution >= 0.6 is 0 Å². The summed E-state index contributed by atoms with van der Waals surface area (Å²) in [5.74, 6) is 0. The van der Waals surface area contributed by atoms with Crippen molar-refractivity contribution in [1.29, 1.82) is 0 Å². The van der Waals surface area contributed by atoms with E-state index in [4.69, 9.17) is 8.85 Å². The van der Waals surface area contributed by atoms with Gasteiger partial charge in [0.15, 0.2) is 8.32 Å². The Morgan fingerprint density at radius 1 is 1.16 bits per heavy atom. The Hall–Kier alpha value is 0.371. The Kier molecular flexibility index (Phi) is 7.02. The van der Waals surface area contributed by atoms with E-state index < -0.39 is 25.3 Å². The molecule has 0 saturated heterocycles. The summed E-state index contributed by atoms with van der Waals surface area (Å²) in [6.07, 6.45) is 1.76. The maximum absolute atomic E-state index is 11.8. The van der Waals surface area contributed by atoms with E-state index in [0.717, 1.165) is 12.8 Å². The first-order valence-electron chi connectivity index (χ1n) is 7.27. The molecule has 0 rings (SSSR count). The van der Waals surface area contributed by atoms with E-state index >= 15 is 0 Å². The van der Waals surface area contributed by atoms with Crippen LogP contribution in [0.5, 0.6) is 0 Å². The molecule has 0 fully saturated rings. The normalized spacial score (nSPS) is 17.9. The molecular weight excluding hydrogens is 288 g/mol. The highest BCUT2D eigenvalue weighted by Gasteiger charge is 2.48. The average molecular weight is 321 g/mol. The number of hydrogen-bond acceptors (Lipinski definition) is 3. The van der Waals surface area contributed by atoms with Crippen molar-refractivity contribution in [3.05, 3.63) is 0 Å². The fourth-order valence-electron chi connectivity index (χ4n) is 2.23. The molecule has 0 aliphatic rings. The Morgan fingerprint density at radius 3 is 1.89 bits per heavy atom. The van der Waals surface area contributed by atoms with Crippen LogP contribution in [0.25, 0.3) is 0 Å². The van der Waals surface area contributed by atoms with Gasteiger partial charge in [0.1, 0.15) is 0 Å². The molecule has 3 nitrogen and oxygen atoms in total. The van der Waals surface area contributed by atoms with E-state index in [-0.39, 0.29) is 11.0 Å². The van der Waals surface area contributed by atoms with Crippen LogP contribution in [-0.4, -0.2) is 36.3 Å². The highest BCUT2D eigenvalue weighted by Crippen LogP contribution is 2.33. The van der Waals surface area contributed by atoms with Crippen molar-refractivity contribution in [2.45, 2.75) is 83.8 Å². The van der Waals surface area contributed by atoms with E-state index in [2.05, 4.69) is 46.6 Å². The topological polar surface area (TPSA) is 35.5 Å². The molecule has 6 heteroatoms. The third kappa shape index (κ3) is 5.71. The molecule has 0 aromatic rings. The largest absolute Gasteiger partial charge is 0.412 e. The van der Waals surface area contributed by atoms with Gasteiger partial charge < -0.3 is 13.3 Å². The van der Waals surface area contributed by atoms with Gasteiger partial charge in [0.2, 0.25) is 8.32 Å². The monoisotopic (exact) mass is 320 g/mol. The van der Waals surface area contributed by atoms with Crippen LogP contribution in [0, 0.1) is 0 Å². The van der Waals surface area contributed by atoms with Crippen molar-refractivity contribution in [1.82, 2.24) is 0 Å². The summed E-state index contributed by atoms with van der Waals surface area (Å²) in [5.41, 5.74) is -0.0947. The molecule has 0 aliphatic heterocycles. The van der Waals surface area contributed by atoms with Gasteiger partial charge in [0.25, 0.3) is 0 Å². The fraction of sp³-hybridized carbons (Fsp3) is 1.00. The maximum Gasteiger partial charge on any atom is 0.302 e. The van der Waals surface area contributed by atoms with Crippen LogP contribution in [0.2, 0.25) is 39.3 Å². The molecule has 0 heterocycles. The summed E-state index contributed by atoms with van der Waals surface area (Å²) >= 11 is 0. The SMILES string of the molecule is CCC(O[Si](C)(C)C(C)(CC)O[Si](C)(C)C)[Si](C)=O. The van der Waals surface area contributed by atoms with Gasteiger partial charge in [-0.1, -0.05) is 13.8 Å². The van der Waals surface area contributed by atoms with Gasteiger partial charge in [-0.3, -0.25) is 0 Å². The Labute approximate surface area is 123 Å². The second-order valence-electron chi connectivity index (χ2n) is 6.93. The molecule has 2 unspecified atom stereocenters. The maximum atomic E-state index is 11.8. The second-order valence-corrected chi connectivity index (χ2v) is 17.5. The van der Waals surface area contributed by atoms with Crippen molar-refractivity contribution in [2.24, 2.45) is 0 Å². The van der Waals surface area contributed by atoms with Gasteiger partial charge in [-0.2, -0.15) is 0 Å². The minimum Gasteiger partial charge on any atom is -0.412 e. The first-order chi connectivity index (χ1) is 8.38. The van der Waals surface area contributed by atoms with E-state index in [1.165, 1.54) is 0 Å². The lowest BCUT2D eigenvalue weighted by Gasteiger charge is -2.46. The molecule has 114 valence electrons. The second kappa shape index (κ2) is 6.89.